The van der Waals surface area contributed by atoms with E-state index in [9.17, 15) is 22.8 Å². The number of nitrogens with one attached hydrogen (secondary N) is 1. The number of amides is 1. The number of sulfonamides is 1. The molecule has 1 fully saturated rings. The predicted molar refractivity (Wildman–Crippen MR) is 140 cm³/mol. The Morgan fingerprint density at radius 2 is 1.92 bits per heavy atom. The Labute approximate surface area is 216 Å². The lowest BCUT2D eigenvalue weighted by Crippen LogP contribution is -2.43. The quantitative estimate of drug-likeness (QED) is 0.458. The fraction of sp³-hybridized carbons (Fsp3) is 0.542. The van der Waals surface area contributed by atoms with Crippen molar-refractivity contribution >= 4 is 27.4 Å². The number of carbonyl (C=O) groups excluding carboxylic acids is 1. The molecule has 1 aliphatic rings. The summed E-state index contributed by atoms with van der Waals surface area (Å²) in [7, 11) is -2.65. The van der Waals surface area contributed by atoms with Crippen LogP contribution < -0.4 is 26.6 Å². The minimum Gasteiger partial charge on any atom is -0.495 e. The van der Waals surface area contributed by atoms with Crippen LogP contribution in [-0.4, -0.2) is 68.1 Å². The van der Waals surface area contributed by atoms with E-state index in [1.165, 1.54) is 39.1 Å². The largest absolute Gasteiger partial charge is 0.495 e. The topological polar surface area (TPSA) is 157 Å². The smallest absolute Gasteiger partial charge is 0.330 e. The minimum atomic E-state index is -3.99. The summed E-state index contributed by atoms with van der Waals surface area (Å²) in [5.41, 5.74) is 4.71. The molecule has 2 heterocycles. The molecule has 3 N–H and O–H groups in total. The zero-order valence-corrected chi connectivity index (χ0v) is 22.5. The predicted octanol–water partition coefficient (Wildman–Crippen LogP) is 1.25. The van der Waals surface area contributed by atoms with E-state index < -0.39 is 27.2 Å². The van der Waals surface area contributed by atoms with Crippen molar-refractivity contribution in [3.05, 3.63) is 44.6 Å². The first-order valence-electron chi connectivity index (χ1n) is 12.2. The molecule has 1 aromatic carbocycles. The molecule has 0 bridgehead atoms. The van der Waals surface area contributed by atoms with Gasteiger partial charge in [-0.15, -0.1) is 0 Å². The maximum Gasteiger partial charge on any atom is 0.330 e. The van der Waals surface area contributed by atoms with Crippen molar-refractivity contribution in [2.45, 2.75) is 45.1 Å². The lowest BCUT2D eigenvalue weighted by atomic mass is 10.1. The van der Waals surface area contributed by atoms with Gasteiger partial charge in [-0.3, -0.25) is 19.1 Å². The maximum atomic E-state index is 13.8. The fourth-order valence-corrected chi connectivity index (χ4v) is 5.70. The summed E-state index contributed by atoms with van der Waals surface area (Å²) in [5.74, 6) is -0.740. The molecule has 1 aromatic heterocycles. The third-order valence-corrected chi connectivity index (χ3v) is 7.93. The number of H-pyrrole nitrogens is 1. The summed E-state index contributed by atoms with van der Waals surface area (Å²) in [6, 6.07) is 4.09. The van der Waals surface area contributed by atoms with E-state index in [-0.39, 0.29) is 73.0 Å². The zero-order valence-electron chi connectivity index (χ0n) is 21.7. The van der Waals surface area contributed by atoms with Gasteiger partial charge in [0, 0.05) is 31.7 Å². The van der Waals surface area contributed by atoms with E-state index in [0.29, 0.717) is 6.42 Å². The summed E-state index contributed by atoms with van der Waals surface area (Å²) in [5, 5.41) is 0. The molecule has 0 atom stereocenters. The molecule has 0 unspecified atom stereocenters. The Kier molecular flexibility index (Phi) is 9.16. The number of nitrogens with zero attached hydrogens (tertiary/aromatic N) is 3. The van der Waals surface area contributed by atoms with Gasteiger partial charge in [-0.2, -0.15) is 4.31 Å². The van der Waals surface area contributed by atoms with Crippen molar-refractivity contribution in [1.82, 2.24) is 13.9 Å². The molecule has 13 heteroatoms. The van der Waals surface area contributed by atoms with Crippen molar-refractivity contribution in [1.29, 1.82) is 0 Å². The number of nitrogens with two attached hydrogens (primary N) is 1. The van der Waals surface area contributed by atoms with Crippen LogP contribution in [0.1, 0.15) is 44.0 Å². The Hall–Kier alpha value is -3.16. The molecule has 1 aliphatic heterocycles. The van der Waals surface area contributed by atoms with Gasteiger partial charge in [-0.05, 0) is 30.5 Å². The molecule has 12 nitrogen and oxygen atoms in total. The van der Waals surface area contributed by atoms with Gasteiger partial charge in [0.2, 0.25) is 10.0 Å². The first kappa shape index (κ1) is 28.4. The Morgan fingerprint density at radius 3 is 2.51 bits per heavy atom. The fourth-order valence-electron chi connectivity index (χ4n) is 4.11. The summed E-state index contributed by atoms with van der Waals surface area (Å²) < 4.78 is 39.9. The number of nitrogen functional groups attached to an aromatic ring is 1. The number of aromatic nitrogens is 2. The second-order valence-corrected chi connectivity index (χ2v) is 11.1. The summed E-state index contributed by atoms with van der Waals surface area (Å²) in [6.45, 7) is 6.93. The molecule has 0 aliphatic carbocycles. The number of anilines is 2. The highest BCUT2D eigenvalue weighted by atomic mass is 32.2. The number of benzene rings is 1. The minimum absolute atomic E-state index is 0.0263. The molecular formula is C24H35N5O7S. The number of carbonyl (C=O) groups is 1. The van der Waals surface area contributed by atoms with Gasteiger partial charge in [-0.1, -0.05) is 27.2 Å². The Morgan fingerprint density at radius 1 is 1.24 bits per heavy atom. The van der Waals surface area contributed by atoms with Crippen molar-refractivity contribution in [3.63, 3.8) is 0 Å². The highest BCUT2D eigenvalue weighted by Gasteiger charge is 2.32. The first-order valence-corrected chi connectivity index (χ1v) is 13.7. The maximum absolute atomic E-state index is 13.8. The molecule has 3 rings (SSSR count). The van der Waals surface area contributed by atoms with Crippen LogP contribution in [0.4, 0.5) is 11.5 Å². The SMILES string of the molecule is CCCCn1c(N)c(N(CC(C)C)C(=O)c2ccc(OC)c(S(=O)(=O)N3CCOCC3)c2)c(=O)[nH]c1=O. The van der Waals surface area contributed by atoms with E-state index in [1.54, 1.807) is 0 Å². The van der Waals surface area contributed by atoms with E-state index in [4.69, 9.17) is 15.2 Å². The number of hydrogen-bond donors (Lipinski definition) is 2. The van der Waals surface area contributed by atoms with Crippen LogP contribution in [0.25, 0.3) is 0 Å². The highest BCUT2D eigenvalue weighted by molar-refractivity contribution is 7.89. The van der Waals surface area contributed by atoms with Crippen molar-refractivity contribution < 1.29 is 22.7 Å². The molecular weight excluding hydrogens is 502 g/mol. The van der Waals surface area contributed by atoms with E-state index >= 15 is 0 Å². The van der Waals surface area contributed by atoms with Crippen molar-refractivity contribution in [3.8, 4) is 5.75 Å². The molecule has 0 saturated carbocycles. The van der Waals surface area contributed by atoms with Gasteiger partial charge in [-0.25, -0.2) is 13.2 Å². The number of morpholine rings is 1. The standard InChI is InChI=1S/C24H35N5O7S/c1-5-6-9-28-21(25)20(22(30)26-24(28)32)29(15-16(2)3)23(31)17-7-8-18(35-4)19(14-17)37(33,34)27-10-12-36-13-11-27/h7-8,14,16H,5-6,9-13,15,25H2,1-4H3,(H,26,30,32). The van der Waals surface area contributed by atoms with Gasteiger partial charge in [0.05, 0.1) is 20.3 Å². The van der Waals surface area contributed by atoms with E-state index in [0.717, 1.165) is 6.42 Å². The normalized spacial score (nSPS) is 14.6. The number of rotatable bonds is 10. The van der Waals surface area contributed by atoms with Crippen molar-refractivity contribution in [2.75, 3.05) is 50.6 Å². The second-order valence-electron chi connectivity index (χ2n) is 9.19. The van der Waals surface area contributed by atoms with Gasteiger partial charge in [0.25, 0.3) is 11.5 Å². The molecule has 0 spiro atoms. The van der Waals surface area contributed by atoms with Crippen molar-refractivity contribution in [2.24, 2.45) is 5.92 Å². The molecule has 37 heavy (non-hydrogen) atoms. The van der Waals surface area contributed by atoms with Gasteiger partial charge in [0.1, 0.15) is 16.5 Å². The van der Waals surface area contributed by atoms with Crippen LogP contribution in [0.3, 0.4) is 0 Å². The van der Waals surface area contributed by atoms with E-state index in [2.05, 4.69) is 4.98 Å². The lowest BCUT2D eigenvalue weighted by Gasteiger charge is -2.28. The number of unbranched alkanes of at least 4 members (excludes halogenated alkanes) is 1. The van der Waals surface area contributed by atoms with Crippen LogP contribution in [-0.2, 0) is 21.3 Å². The molecule has 1 amide bonds. The lowest BCUT2D eigenvalue weighted by molar-refractivity contribution is 0.0729. The molecule has 204 valence electrons. The number of hydrogen-bond acceptors (Lipinski definition) is 8. The van der Waals surface area contributed by atoms with Crippen LogP contribution >= 0.6 is 0 Å². The number of methoxy groups -OCH3 is 1. The molecule has 2 aromatic rings. The highest BCUT2D eigenvalue weighted by Crippen LogP contribution is 2.30. The molecule has 1 saturated heterocycles. The number of aromatic amines is 1. The van der Waals surface area contributed by atoms with Crippen LogP contribution in [0, 0.1) is 5.92 Å². The third-order valence-electron chi connectivity index (χ3n) is 6.01. The van der Waals surface area contributed by atoms with Gasteiger partial charge >= 0.3 is 5.69 Å². The third kappa shape index (κ3) is 6.05. The van der Waals surface area contributed by atoms with E-state index in [1.807, 2.05) is 20.8 Å². The van der Waals surface area contributed by atoms with Crippen LogP contribution in [0.2, 0.25) is 0 Å². The number of ether oxygens (including phenoxy) is 2. The monoisotopic (exact) mass is 537 g/mol. The summed E-state index contributed by atoms with van der Waals surface area (Å²) in [6.07, 6.45) is 1.44. The Bertz CT molecular complexity index is 1340. The summed E-state index contributed by atoms with van der Waals surface area (Å²) in [4.78, 5) is 42.4. The zero-order chi connectivity index (χ0) is 27.3. The van der Waals surface area contributed by atoms with Crippen LogP contribution in [0.15, 0.2) is 32.7 Å². The molecule has 0 radical (unpaired) electrons. The first-order chi connectivity index (χ1) is 17.5. The average molecular weight is 538 g/mol. The van der Waals surface area contributed by atoms with Gasteiger partial charge < -0.3 is 20.1 Å². The summed E-state index contributed by atoms with van der Waals surface area (Å²) >= 11 is 0. The van der Waals surface area contributed by atoms with Crippen LogP contribution in [0.5, 0.6) is 5.75 Å². The second kappa shape index (κ2) is 11.9. The van der Waals surface area contributed by atoms with Gasteiger partial charge in [0.15, 0.2) is 5.69 Å². The Balaban J connectivity index is 2.13. The average Bonchev–Trinajstić information content (AvgIpc) is 2.87.